The van der Waals surface area contributed by atoms with E-state index in [4.69, 9.17) is 9.47 Å². The number of hydrazone groups is 1. The summed E-state index contributed by atoms with van der Waals surface area (Å²) in [6.45, 7) is 1.95. The van der Waals surface area contributed by atoms with Gasteiger partial charge in [0, 0.05) is 11.3 Å². The van der Waals surface area contributed by atoms with Gasteiger partial charge in [-0.1, -0.05) is 6.07 Å². The Morgan fingerprint density at radius 1 is 1.11 bits per heavy atom. The van der Waals surface area contributed by atoms with Crippen LogP contribution in [-0.4, -0.2) is 42.8 Å². The van der Waals surface area contributed by atoms with E-state index in [1.807, 2.05) is 0 Å². The molecule has 0 aliphatic heterocycles. The van der Waals surface area contributed by atoms with E-state index in [0.29, 0.717) is 16.8 Å². The molecule has 0 saturated carbocycles. The van der Waals surface area contributed by atoms with Gasteiger partial charge in [-0.25, -0.2) is 10.2 Å². The molecule has 9 heteroatoms. The molecule has 0 aliphatic carbocycles. The van der Waals surface area contributed by atoms with Crippen LogP contribution in [0.2, 0.25) is 0 Å². The number of rotatable bonds is 6. The van der Waals surface area contributed by atoms with Crippen molar-refractivity contribution in [2.24, 2.45) is 5.10 Å². The Bertz CT molecular complexity index is 893. The predicted molar refractivity (Wildman–Crippen MR) is 101 cm³/mol. The van der Waals surface area contributed by atoms with Crippen LogP contribution in [0.15, 0.2) is 47.6 Å². The molecule has 0 aliphatic rings. The van der Waals surface area contributed by atoms with E-state index in [1.165, 1.54) is 37.6 Å². The molecule has 0 heterocycles. The summed E-state index contributed by atoms with van der Waals surface area (Å²) in [6, 6.07) is 10.6. The van der Waals surface area contributed by atoms with E-state index >= 15 is 0 Å². The first kappa shape index (κ1) is 20.4. The van der Waals surface area contributed by atoms with E-state index in [0.717, 1.165) is 0 Å². The number of esters is 1. The second kappa shape index (κ2) is 9.72. The zero-order valence-corrected chi connectivity index (χ0v) is 15.3. The first-order valence-corrected chi connectivity index (χ1v) is 8.23. The van der Waals surface area contributed by atoms with Gasteiger partial charge in [0.05, 0.1) is 25.5 Å². The summed E-state index contributed by atoms with van der Waals surface area (Å²) in [5, 5.41) is 15.9. The summed E-state index contributed by atoms with van der Waals surface area (Å²) in [5.74, 6) is -2.33. The van der Waals surface area contributed by atoms with Crippen molar-refractivity contribution < 1.29 is 29.0 Å². The smallest absolute Gasteiger partial charge is 0.338 e. The fourth-order valence-electron chi connectivity index (χ4n) is 2.11. The number of amides is 2. The van der Waals surface area contributed by atoms with E-state index in [1.54, 1.807) is 25.1 Å². The average molecular weight is 385 g/mol. The van der Waals surface area contributed by atoms with Gasteiger partial charge in [-0.2, -0.15) is 5.10 Å². The largest absolute Gasteiger partial charge is 0.504 e. The molecular formula is C19H19N3O6. The Labute approximate surface area is 161 Å². The SMILES string of the molecule is CCOC(=O)c1ccc(NC(=O)C(=O)NN=Cc2cccc(OC)c2O)cc1. The molecule has 9 nitrogen and oxygen atoms in total. The third-order valence-corrected chi connectivity index (χ3v) is 3.48. The molecule has 0 saturated heterocycles. The van der Waals surface area contributed by atoms with Crippen LogP contribution in [0.4, 0.5) is 5.69 Å². The van der Waals surface area contributed by atoms with E-state index in [-0.39, 0.29) is 18.1 Å². The lowest BCUT2D eigenvalue weighted by molar-refractivity contribution is -0.136. The number of carbonyl (C=O) groups excluding carboxylic acids is 3. The molecule has 2 rings (SSSR count). The van der Waals surface area contributed by atoms with Gasteiger partial charge in [-0.15, -0.1) is 0 Å². The summed E-state index contributed by atoms with van der Waals surface area (Å²) in [5.41, 5.74) is 3.00. The van der Waals surface area contributed by atoms with E-state index in [9.17, 15) is 19.5 Å². The van der Waals surface area contributed by atoms with Crippen molar-refractivity contribution in [1.29, 1.82) is 0 Å². The van der Waals surface area contributed by atoms with Crippen molar-refractivity contribution in [2.45, 2.75) is 6.92 Å². The maximum atomic E-state index is 11.9. The van der Waals surface area contributed by atoms with Crippen LogP contribution in [0.5, 0.6) is 11.5 Å². The standard InChI is InChI=1S/C19H19N3O6/c1-3-28-19(26)12-7-9-14(10-8-12)21-17(24)18(25)22-20-11-13-5-4-6-15(27-2)16(13)23/h4-11,23H,3H2,1-2H3,(H,21,24)(H,22,25). The zero-order chi connectivity index (χ0) is 20.5. The lowest BCUT2D eigenvalue weighted by Crippen LogP contribution is -2.32. The highest BCUT2D eigenvalue weighted by molar-refractivity contribution is 6.39. The van der Waals surface area contributed by atoms with Crippen LogP contribution in [-0.2, 0) is 14.3 Å². The Kier molecular flexibility index (Phi) is 7.09. The minimum Gasteiger partial charge on any atom is -0.504 e. The topological polar surface area (TPSA) is 126 Å². The van der Waals surface area contributed by atoms with Crippen LogP contribution < -0.4 is 15.5 Å². The molecule has 3 N–H and O–H groups in total. The maximum absolute atomic E-state index is 11.9. The molecule has 0 unspecified atom stereocenters. The van der Waals surface area contributed by atoms with Gasteiger partial charge in [0.25, 0.3) is 0 Å². The number of hydrogen-bond acceptors (Lipinski definition) is 7. The Balaban J connectivity index is 1.92. The molecule has 28 heavy (non-hydrogen) atoms. The minimum absolute atomic E-state index is 0.144. The zero-order valence-electron chi connectivity index (χ0n) is 15.3. The van der Waals surface area contributed by atoms with E-state index in [2.05, 4.69) is 15.8 Å². The summed E-state index contributed by atoms with van der Waals surface area (Å²) < 4.78 is 9.82. The van der Waals surface area contributed by atoms with Crippen molar-refractivity contribution in [3.63, 3.8) is 0 Å². The molecule has 0 fully saturated rings. The molecule has 2 amide bonds. The van der Waals surface area contributed by atoms with Crippen LogP contribution in [0.3, 0.4) is 0 Å². The van der Waals surface area contributed by atoms with Crippen molar-refractivity contribution in [3.05, 3.63) is 53.6 Å². The first-order chi connectivity index (χ1) is 13.5. The summed E-state index contributed by atoms with van der Waals surface area (Å²) in [4.78, 5) is 35.3. The third kappa shape index (κ3) is 5.31. The summed E-state index contributed by atoms with van der Waals surface area (Å²) in [6.07, 6.45) is 1.18. The predicted octanol–water partition coefficient (Wildman–Crippen LogP) is 1.67. The first-order valence-electron chi connectivity index (χ1n) is 8.23. The molecular weight excluding hydrogens is 366 g/mol. The number of methoxy groups -OCH3 is 1. The summed E-state index contributed by atoms with van der Waals surface area (Å²) >= 11 is 0. The monoisotopic (exact) mass is 385 g/mol. The van der Waals surface area contributed by atoms with Gasteiger partial charge in [-0.3, -0.25) is 9.59 Å². The number of carbonyl (C=O) groups is 3. The quantitative estimate of drug-likeness (QED) is 0.300. The highest BCUT2D eigenvalue weighted by Gasteiger charge is 2.14. The molecule has 0 aromatic heterocycles. The Hall–Kier alpha value is -3.88. The van der Waals surface area contributed by atoms with Crippen LogP contribution >= 0.6 is 0 Å². The average Bonchev–Trinajstić information content (AvgIpc) is 2.69. The fraction of sp³-hybridized carbons (Fsp3) is 0.158. The Morgan fingerprint density at radius 2 is 1.82 bits per heavy atom. The van der Waals surface area contributed by atoms with Gasteiger partial charge in [0.2, 0.25) is 0 Å². The van der Waals surface area contributed by atoms with Gasteiger partial charge < -0.3 is 19.9 Å². The number of nitrogens with one attached hydrogen (secondary N) is 2. The number of anilines is 1. The van der Waals surface area contributed by atoms with Crippen molar-refractivity contribution in [2.75, 3.05) is 19.0 Å². The number of ether oxygens (including phenoxy) is 2. The third-order valence-electron chi connectivity index (χ3n) is 3.48. The van der Waals surface area contributed by atoms with Crippen LogP contribution in [0, 0.1) is 0 Å². The second-order valence-corrected chi connectivity index (χ2v) is 5.35. The molecule has 2 aromatic rings. The molecule has 146 valence electrons. The number of para-hydroxylation sites is 1. The van der Waals surface area contributed by atoms with Crippen molar-refractivity contribution in [3.8, 4) is 11.5 Å². The van der Waals surface area contributed by atoms with Crippen LogP contribution in [0.25, 0.3) is 0 Å². The number of benzene rings is 2. The van der Waals surface area contributed by atoms with Gasteiger partial charge in [0.15, 0.2) is 11.5 Å². The van der Waals surface area contributed by atoms with Gasteiger partial charge in [0.1, 0.15) is 0 Å². The van der Waals surface area contributed by atoms with Crippen LogP contribution in [0.1, 0.15) is 22.8 Å². The Morgan fingerprint density at radius 3 is 2.46 bits per heavy atom. The van der Waals surface area contributed by atoms with Gasteiger partial charge >= 0.3 is 17.8 Å². The normalized spacial score (nSPS) is 10.4. The lowest BCUT2D eigenvalue weighted by Gasteiger charge is -2.06. The molecule has 2 aromatic carbocycles. The minimum atomic E-state index is -1.01. The second-order valence-electron chi connectivity index (χ2n) is 5.35. The van der Waals surface area contributed by atoms with Crippen molar-refractivity contribution in [1.82, 2.24) is 5.43 Å². The maximum Gasteiger partial charge on any atom is 0.338 e. The number of phenolic OH excluding ortho intramolecular Hbond substituents is 1. The molecule has 0 atom stereocenters. The number of aromatic hydroxyl groups is 1. The van der Waals surface area contributed by atoms with Gasteiger partial charge in [-0.05, 0) is 43.3 Å². The van der Waals surface area contributed by atoms with Crippen molar-refractivity contribution >= 4 is 29.7 Å². The highest BCUT2D eigenvalue weighted by Crippen LogP contribution is 2.27. The number of nitrogens with zero attached hydrogens (tertiary/aromatic N) is 1. The fourth-order valence-corrected chi connectivity index (χ4v) is 2.11. The molecule has 0 spiro atoms. The summed E-state index contributed by atoms with van der Waals surface area (Å²) in [7, 11) is 1.40. The number of phenols is 1. The lowest BCUT2D eigenvalue weighted by atomic mass is 10.2. The molecule has 0 radical (unpaired) electrons. The highest BCUT2D eigenvalue weighted by atomic mass is 16.5. The van der Waals surface area contributed by atoms with E-state index < -0.39 is 17.8 Å². The molecule has 0 bridgehead atoms. The number of hydrogen-bond donors (Lipinski definition) is 3.